The lowest BCUT2D eigenvalue weighted by Crippen LogP contribution is -2.39. The molecule has 2 aromatic rings. The molecule has 0 aliphatic rings. The Labute approximate surface area is 106 Å². The van der Waals surface area contributed by atoms with E-state index >= 15 is 0 Å². The van der Waals surface area contributed by atoms with Crippen LogP contribution in [0.25, 0.3) is 11.0 Å². The quantitative estimate of drug-likeness (QED) is 0.867. The first kappa shape index (κ1) is 12.6. The van der Waals surface area contributed by atoms with Gasteiger partial charge in [-0.15, -0.1) is 0 Å². The maximum atomic E-state index is 12.0. The molecule has 18 heavy (non-hydrogen) atoms. The van der Waals surface area contributed by atoms with E-state index in [-0.39, 0.29) is 17.9 Å². The van der Waals surface area contributed by atoms with Gasteiger partial charge in [-0.25, -0.2) is 0 Å². The molecule has 1 unspecified atom stereocenters. The van der Waals surface area contributed by atoms with Crippen molar-refractivity contribution in [3.63, 3.8) is 0 Å². The molecule has 0 saturated heterocycles. The zero-order chi connectivity index (χ0) is 13.1. The van der Waals surface area contributed by atoms with Crippen molar-refractivity contribution < 1.29 is 9.21 Å². The number of hydrogen-bond donors (Lipinski definition) is 2. The minimum absolute atomic E-state index is 0.0238. The number of carbonyl (C=O) groups is 1. The molecule has 1 heterocycles. The van der Waals surface area contributed by atoms with E-state index in [0.29, 0.717) is 12.3 Å². The molecule has 4 heteroatoms. The third kappa shape index (κ3) is 2.54. The molecular weight excluding hydrogens is 228 g/mol. The van der Waals surface area contributed by atoms with Gasteiger partial charge in [0.05, 0.1) is 5.92 Å². The van der Waals surface area contributed by atoms with Crippen LogP contribution in [0.5, 0.6) is 0 Å². The Morgan fingerprint density at radius 1 is 1.39 bits per heavy atom. The van der Waals surface area contributed by atoms with Crippen LogP contribution in [0.3, 0.4) is 0 Å². The molecule has 2 atom stereocenters. The van der Waals surface area contributed by atoms with E-state index in [1.165, 1.54) is 0 Å². The number of rotatable bonds is 4. The Morgan fingerprint density at radius 3 is 2.78 bits per heavy atom. The summed E-state index contributed by atoms with van der Waals surface area (Å²) >= 11 is 0. The Bertz CT molecular complexity index is 514. The van der Waals surface area contributed by atoms with Gasteiger partial charge in [-0.2, -0.15) is 0 Å². The number of benzene rings is 1. The van der Waals surface area contributed by atoms with Crippen LogP contribution in [-0.2, 0) is 4.79 Å². The van der Waals surface area contributed by atoms with Crippen molar-refractivity contribution in [1.82, 2.24) is 5.32 Å². The Morgan fingerprint density at radius 2 is 2.11 bits per heavy atom. The van der Waals surface area contributed by atoms with Crippen molar-refractivity contribution in [2.45, 2.75) is 25.8 Å². The van der Waals surface area contributed by atoms with E-state index in [2.05, 4.69) is 5.32 Å². The summed E-state index contributed by atoms with van der Waals surface area (Å²) in [4.78, 5) is 12.0. The molecule has 1 aromatic carbocycles. The molecule has 2 rings (SSSR count). The average molecular weight is 246 g/mol. The molecule has 0 saturated carbocycles. The number of furan rings is 1. The van der Waals surface area contributed by atoms with Crippen molar-refractivity contribution in [2.24, 2.45) is 5.73 Å². The lowest BCUT2D eigenvalue weighted by Gasteiger charge is -2.14. The second kappa shape index (κ2) is 5.23. The van der Waals surface area contributed by atoms with Crippen molar-refractivity contribution in [2.75, 3.05) is 6.54 Å². The van der Waals surface area contributed by atoms with Gasteiger partial charge in [0, 0.05) is 18.0 Å². The van der Waals surface area contributed by atoms with Gasteiger partial charge in [-0.05, 0) is 26.0 Å². The SMILES string of the molecule is CC(C(=O)N[C@@H](C)CN)c1cc2ccccc2o1. The van der Waals surface area contributed by atoms with Crippen LogP contribution in [0.4, 0.5) is 0 Å². The van der Waals surface area contributed by atoms with Crippen LogP contribution in [-0.4, -0.2) is 18.5 Å². The molecule has 1 aromatic heterocycles. The fourth-order valence-corrected chi connectivity index (χ4v) is 1.77. The number of para-hydroxylation sites is 1. The van der Waals surface area contributed by atoms with Gasteiger partial charge in [-0.3, -0.25) is 4.79 Å². The zero-order valence-corrected chi connectivity index (χ0v) is 10.6. The summed E-state index contributed by atoms with van der Waals surface area (Å²) in [7, 11) is 0. The van der Waals surface area contributed by atoms with Gasteiger partial charge in [0.25, 0.3) is 0 Å². The summed E-state index contributed by atoms with van der Waals surface area (Å²) in [6.45, 7) is 4.14. The Kier molecular flexibility index (Phi) is 3.67. The number of carbonyl (C=O) groups excluding carboxylic acids is 1. The highest BCUT2D eigenvalue weighted by Gasteiger charge is 2.20. The van der Waals surface area contributed by atoms with E-state index in [1.807, 2.05) is 44.2 Å². The molecule has 0 spiro atoms. The fourth-order valence-electron chi connectivity index (χ4n) is 1.77. The van der Waals surface area contributed by atoms with Crippen molar-refractivity contribution >= 4 is 16.9 Å². The number of hydrogen-bond acceptors (Lipinski definition) is 3. The van der Waals surface area contributed by atoms with Crippen LogP contribution in [0.1, 0.15) is 25.5 Å². The van der Waals surface area contributed by atoms with Gasteiger partial charge in [0.15, 0.2) is 0 Å². The summed E-state index contributed by atoms with van der Waals surface area (Å²) in [6.07, 6.45) is 0. The summed E-state index contributed by atoms with van der Waals surface area (Å²) in [6, 6.07) is 9.61. The third-order valence-corrected chi connectivity index (χ3v) is 3.01. The maximum absolute atomic E-state index is 12.0. The molecule has 1 amide bonds. The molecule has 0 fully saturated rings. The molecule has 0 aliphatic carbocycles. The molecule has 3 N–H and O–H groups in total. The van der Waals surface area contributed by atoms with E-state index in [4.69, 9.17) is 10.2 Å². The van der Waals surface area contributed by atoms with Crippen LogP contribution in [0.2, 0.25) is 0 Å². The number of nitrogens with two attached hydrogens (primary N) is 1. The minimum Gasteiger partial charge on any atom is -0.460 e. The summed E-state index contributed by atoms with van der Waals surface area (Å²) in [5, 5.41) is 3.86. The highest BCUT2D eigenvalue weighted by molar-refractivity contribution is 5.85. The molecule has 0 radical (unpaired) electrons. The molecule has 0 aliphatic heterocycles. The summed E-state index contributed by atoms with van der Waals surface area (Å²) < 4.78 is 5.67. The zero-order valence-electron chi connectivity index (χ0n) is 10.6. The standard InChI is InChI=1S/C14H18N2O2/c1-9(8-15)16-14(17)10(2)13-7-11-5-3-4-6-12(11)18-13/h3-7,9-10H,8,15H2,1-2H3,(H,16,17)/t9-,10?/m0/s1. The maximum Gasteiger partial charge on any atom is 0.230 e. The van der Waals surface area contributed by atoms with Gasteiger partial charge in [-0.1, -0.05) is 18.2 Å². The summed E-state index contributed by atoms with van der Waals surface area (Å²) in [5.74, 6) is 0.302. The van der Waals surface area contributed by atoms with Gasteiger partial charge < -0.3 is 15.5 Å². The lowest BCUT2D eigenvalue weighted by atomic mass is 10.1. The smallest absolute Gasteiger partial charge is 0.230 e. The average Bonchev–Trinajstić information content (AvgIpc) is 2.81. The topological polar surface area (TPSA) is 68.3 Å². The summed E-state index contributed by atoms with van der Waals surface area (Å²) in [5.41, 5.74) is 6.29. The van der Waals surface area contributed by atoms with Crippen LogP contribution in [0.15, 0.2) is 34.7 Å². The predicted octanol–water partition coefficient (Wildman–Crippen LogP) is 2.00. The second-order valence-electron chi connectivity index (χ2n) is 4.55. The van der Waals surface area contributed by atoms with E-state index in [9.17, 15) is 4.79 Å². The highest BCUT2D eigenvalue weighted by Crippen LogP contribution is 2.24. The van der Waals surface area contributed by atoms with E-state index < -0.39 is 0 Å². The number of amides is 1. The first-order valence-electron chi connectivity index (χ1n) is 6.10. The normalized spacial score (nSPS) is 14.4. The first-order valence-corrected chi connectivity index (χ1v) is 6.10. The Hall–Kier alpha value is -1.81. The largest absolute Gasteiger partial charge is 0.460 e. The van der Waals surface area contributed by atoms with E-state index in [1.54, 1.807) is 0 Å². The first-order chi connectivity index (χ1) is 8.61. The van der Waals surface area contributed by atoms with Crippen LogP contribution < -0.4 is 11.1 Å². The van der Waals surface area contributed by atoms with Gasteiger partial charge in [0.2, 0.25) is 5.91 Å². The number of nitrogens with one attached hydrogen (secondary N) is 1. The number of fused-ring (bicyclic) bond motifs is 1. The van der Waals surface area contributed by atoms with Crippen LogP contribution >= 0.6 is 0 Å². The fraction of sp³-hybridized carbons (Fsp3) is 0.357. The molecule has 0 bridgehead atoms. The molecule has 96 valence electrons. The van der Waals surface area contributed by atoms with Crippen molar-refractivity contribution in [3.05, 3.63) is 36.1 Å². The van der Waals surface area contributed by atoms with E-state index in [0.717, 1.165) is 11.0 Å². The van der Waals surface area contributed by atoms with Crippen molar-refractivity contribution in [3.8, 4) is 0 Å². The van der Waals surface area contributed by atoms with Crippen molar-refractivity contribution in [1.29, 1.82) is 0 Å². The third-order valence-electron chi connectivity index (χ3n) is 3.01. The monoisotopic (exact) mass is 246 g/mol. The predicted molar refractivity (Wildman–Crippen MR) is 71.3 cm³/mol. The molecule has 4 nitrogen and oxygen atoms in total. The van der Waals surface area contributed by atoms with Gasteiger partial charge >= 0.3 is 0 Å². The highest BCUT2D eigenvalue weighted by atomic mass is 16.3. The van der Waals surface area contributed by atoms with Gasteiger partial charge in [0.1, 0.15) is 11.3 Å². The Balaban J connectivity index is 2.17. The lowest BCUT2D eigenvalue weighted by molar-refractivity contribution is -0.123. The molecular formula is C14H18N2O2. The minimum atomic E-state index is -0.314. The van der Waals surface area contributed by atoms with Crippen LogP contribution in [0, 0.1) is 0 Å². The second-order valence-corrected chi connectivity index (χ2v) is 4.55.